The van der Waals surface area contributed by atoms with Crippen molar-refractivity contribution in [3.63, 3.8) is 0 Å². The number of rotatable bonds is 4. The summed E-state index contributed by atoms with van der Waals surface area (Å²) in [6.45, 7) is 7.73. The Hall–Kier alpha value is -1.06. The van der Waals surface area contributed by atoms with Crippen LogP contribution in [0.5, 0.6) is 0 Å². The van der Waals surface area contributed by atoms with Crippen LogP contribution in [0.1, 0.15) is 52.9 Å². The molecule has 1 atom stereocenters. The first-order valence-corrected chi connectivity index (χ1v) is 7.46. The Labute approximate surface area is 115 Å². The Morgan fingerprint density at radius 3 is 2.26 bits per heavy atom. The molecule has 2 fully saturated rings. The van der Waals surface area contributed by atoms with E-state index < -0.39 is 6.04 Å². The van der Waals surface area contributed by atoms with Gasteiger partial charge >= 0.3 is 0 Å². The van der Waals surface area contributed by atoms with E-state index >= 15 is 0 Å². The maximum atomic E-state index is 12.5. The van der Waals surface area contributed by atoms with Gasteiger partial charge in [0.25, 0.3) is 0 Å². The Morgan fingerprint density at radius 1 is 1.21 bits per heavy atom. The number of amides is 2. The van der Waals surface area contributed by atoms with Crippen molar-refractivity contribution in [1.29, 1.82) is 0 Å². The summed E-state index contributed by atoms with van der Waals surface area (Å²) in [5, 5.41) is 2.97. The lowest BCUT2D eigenvalue weighted by Gasteiger charge is -2.33. The van der Waals surface area contributed by atoms with Crippen LogP contribution in [0.2, 0.25) is 0 Å². The predicted molar refractivity (Wildman–Crippen MR) is 74.5 cm³/mol. The van der Waals surface area contributed by atoms with Crippen molar-refractivity contribution >= 4 is 11.8 Å². The van der Waals surface area contributed by atoms with Crippen LogP contribution in [-0.2, 0) is 9.59 Å². The van der Waals surface area contributed by atoms with Gasteiger partial charge in [-0.1, -0.05) is 20.8 Å². The minimum atomic E-state index is -0.392. The van der Waals surface area contributed by atoms with Crippen LogP contribution in [0.25, 0.3) is 0 Å². The van der Waals surface area contributed by atoms with Crippen LogP contribution in [0.3, 0.4) is 0 Å². The van der Waals surface area contributed by atoms with E-state index in [0.29, 0.717) is 12.3 Å². The summed E-state index contributed by atoms with van der Waals surface area (Å²) >= 11 is 0. The first kappa shape index (κ1) is 14.4. The highest BCUT2D eigenvalue weighted by molar-refractivity contribution is 5.88. The summed E-state index contributed by atoms with van der Waals surface area (Å²) < 4.78 is 0. The maximum Gasteiger partial charge on any atom is 0.245 e. The van der Waals surface area contributed by atoms with Crippen molar-refractivity contribution in [3.05, 3.63) is 0 Å². The van der Waals surface area contributed by atoms with Crippen molar-refractivity contribution in [2.24, 2.45) is 11.3 Å². The van der Waals surface area contributed by atoms with Crippen LogP contribution in [0.4, 0.5) is 0 Å². The molecule has 1 N–H and O–H groups in total. The molecule has 1 aliphatic heterocycles. The van der Waals surface area contributed by atoms with E-state index in [-0.39, 0.29) is 17.2 Å². The molecule has 2 aliphatic rings. The first-order valence-electron chi connectivity index (χ1n) is 7.46. The van der Waals surface area contributed by atoms with Gasteiger partial charge < -0.3 is 10.2 Å². The maximum absolute atomic E-state index is 12.5. The molecule has 0 aromatic rings. The summed E-state index contributed by atoms with van der Waals surface area (Å²) in [5.74, 6) is 0.687. The van der Waals surface area contributed by atoms with Crippen LogP contribution in [0, 0.1) is 11.3 Å². The Bertz CT molecular complexity index is 350. The molecule has 0 radical (unpaired) electrons. The normalized spacial score (nSPS) is 21.3. The average Bonchev–Trinajstić information content (AvgIpc) is 2.95. The molecule has 0 unspecified atom stereocenters. The van der Waals surface area contributed by atoms with Gasteiger partial charge in [0.2, 0.25) is 11.8 Å². The van der Waals surface area contributed by atoms with Crippen LogP contribution in [-0.4, -0.2) is 35.8 Å². The number of nitrogens with one attached hydrogen (secondary N) is 1. The smallest absolute Gasteiger partial charge is 0.245 e. The standard InChI is InChI=1S/C15H26N2O2/c1-15(2,3)13(14(19)17-8-4-5-9-17)16-12(18)10-11-6-7-11/h11,13H,4-10H2,1-3H3,(H,16,18)/t13-/m1/s1. The van der Waals surface area contributed by atoms with Crippen molar-refractivity contribution in [2.45, 2.75) is 58.9 Å². The molecule has 0 spiro atoms. The lowest BCUT2D eigenvalue weighted by atomic mass is 9.85. The van der Waals surface area contributed by atoms with E-state index in [9.17, 15) is 9.59 Å². The zero-order chi connectivity index (χ0) is 14.0. The molecule has 108 valence electrons. The molecular weight excluding hydrogens is 240 g/mol. The van der Waals surface area contributed by atoms with Gasteiger partial charge in [-0.2, -0.15) is 0 Å². The topological polar surface area (TPSA) is 49.4 Å². The summed E-state index contributed by atoms with van der Waals surface area (Å²) in [7, 11) is 0. The fourth-order valence-corrected chi connectivity index (χ4v) is 2.57. The van der Waals surface area contributed by atoms with E-state index in [0.717, 1.165) is 38.8 Å². The second kappa shape index (κ2) is 5.51. The van der Waals surface area contributed by atoms with Crippen LogP contribution in [0.15, 0.2) is 0 Å². The van der Waals surface area contributed by atoms with Crippen molar-refractivity contribution < 1.29 is 9.59 Å². The minimum absolute atomic E-state index is 0.0370. The molecule has 1 aliphatic carbocycles. The number of carbonyl (C=O) groups excluding carboxylic acids is 2. The zero-order valence-corrected chi connectivity index (χ0v) is 12.4. The second-order valence-corrected chi connectivity index (χ2v) is 7.05. The number of hydrogen-bond acceptors (Lipinski definition) is 2. The van der Waals surface area contributed by atoms with Gasteiger partial charge in [0.15, 0.2) is 0 Å². The van der Waals surface area contributed by atoms with Gasteiger partial charge in [0.05, 0.1) is 0 Å². The largest absolute Gasteiger partial charge is 0.344 e. The quantitative estimate of drug-likeness (QED) is 0.845. The molecular formula is C15H26N2O2. The minimum Gasteiger partial charge on any atom is -0.344 e. The number of carbonyl (C=O) groups is 2. The Morgan fingerprint density at radius 2 is 1.79 bits per heavy atom. The highest BCUT2D eigenvalue weighted by Crippen LogP contribution is 2.32. The molecule has 2 rings (SSSR count). The van der Waals surface area contributed by atoms with E-state index in [2.05, 4.69) is 5.32 Å². The number of likely N-dealkylation sites (tertiary alicyclic amines) is 1. The van der Waals surface area contributed by atoms with Gasteiger partial charge in [0, 0.05) is 19.5 Å². The Balaban J connectivity index is 1.97. The molecule has 2 amide bonds. The van der Waals surface area contributed by atoms with Crippen molar-refractivity contribution in [1.82, 2.24) is 10.2 Å². The van der Waals surface area contributed by atoms with E-state index in [1.165, 1.54) is 0 Å². The highest BCUT2D eigenvalue weighted by atomic mass is 16.2. The van der Waals surface area contributed by atoms with Gasteiger partial charge in [-0.25, -0.2) is 0 Å². The third-order valence-electron chi connectivity index (χ3n) is 4.01. The van der Waals surface area contributed by atoms with E-state index in [1.54, 1.807) is 0 Å². The van der Waals surface area contributed by atoms with Gasteiger partial charge in [-0.05, 0) is 37.0 Å². The second-order valence-electron chi connectivity index (χ2n) is 7.05. The molecule has 0 bridgehead atoms. The fraction of sp³-hybridized carbons (Fsp3) is 0.867. The molecule has 0 aromatic heterocycles. The SMILES string of the molecule is CC(C)(C)[C@H](NC(=O)CC1CC1)C(=O)N1CCCC1. The van der Waals surface area contributed by atoms with Gasteiger partial charge in [-0.15, -0.1) is 0 Å². The lowest BCUT2D eigenvalue weighted by molar-refractivity contribution is -0.138. The van der Waals surface area contributed by atoms with Gasteiger partial charge in [0.1, 0.15) is 6.04 Å². The van der Waals surface area contributed by atoms with E-state index in [4.69, 9.17) is 0 Å². The monoisotopic (exact) mass is 266 g/mol. The molecule has 4 nitrogen and oxygen atoms in total. The van der Waals surface area contributed by atoms with E-state index in [1.807, 2.05) is 25.7 Å². The van der Waals surface area contributed by atoms with Crippen LogP contribution >= 0.6 is 0 Å². The zero-order valence-electron chi connectivity index (χ0n) is 12.4. The lowest BCUT2D eigenvalue weighted by Crippen LogP contribution is -2.54. The summed E-state index contributed by atoms with van der Waals surface area (Å²) in [5.41, 5.74) is -0.237. The Kier molecular flexibility index (Phi) is 4.16. The molecule has 1 heterocycles. The van der Waals surface area contributed by atoms with Crippen LogP contribution < -0.4 is 5.32 Å². The first-order chi connectivity index (χ1) is 8.88. The van der Waals surface area contributed by atoms with Gasteiger partial charge in [-0.3, -0.25) is 9.59 Å². The summed E-state index contributed by atoms with van der Waals surface area (Å²) in [6.07, 6.45) is 5.07. The molecule has 19 heavy (non-hydrogen) atoms. The molecule has 0 aromatic carbocycles. The van der Waals surface area contributed by atoms with Crippen molar-refractivity contribution in [3.8, 4) is 0 Å². The molecule has 1 saturated carbocycles. The average molecular weight is 266 g/mol. The highest BCUT2D eigenvalue weighted by Gasteiger charge is 2.37. The molecule has 4 heteroatoms. The predicted octanol–water partition coefficient (Wildman–Crippen LogP) is 1.94. The van der Waals surface area contributed by atoms with Crippen molar-refractivity contribution in [2.75, 3.05) is 13.1 Å². The fourth-order valence-electron chi connectivity index (χ4n) is 2.57. The number of nitrogens with zero attached hydrogens (tertiary/aromatic N) is 1. The molecule has 1 saturated heterocycles. The third kappa shape index (κ3) is 3.95. The third-order valence-corrected chi connectivity index (χ3v) is 4.01. The summed E-state index contributed by atoms with van der Waals surface area (Å²) in [6, 6.07) is -0.392. The number of hydrogen-bond donors (Lipinski definition) is 1. The summed E-state index contributed by atoms with van der Waals surface area (Å²) in [4.78, 5) is 26.4.